The summed E-state index contributed by atoms with van der Waals surface area (Å²) in [6.45, 7) is 1.34. The van der Waals surface area contributed by atoms with Crippen LogP contribution in [-0.2, 0) is 16.1 Å². The minimum Gasteiger partial charge on any atom is -0.487 e. The number of aromatic nitrogens is 2. The standard InChI is InChI=1S/C26H21ClFN5O3/c27-20-10-18(5-7-23(20)35-11-15-2-1-3-16(28)8-15)31-25-19-9-17(4-6-21(19)29-14-30-25)32-26-33-22-12-34-13-24(22)36-26/h1-10,14,22,24H,11-13H2,(H,32,33)(H,29,30,31). The third-order valence-electron chi connectivity index (χ3n) is 5.91. The largest absolute Gasteiger partial charge is 0.487 e. The van der Waals surface area contributed by atoms with Crippen molar-refractivity contribution in [3.63, 3.8) is 0 Å². The maximum Gasteiger partial charge on any atom is 0.290 e. The van der Waals surface area contributed by atoms with Crippen LogP contribution in [0.5, 0.6) is 5.75 Å². The fourth-order valence-electron chi connectivity index (χ4n) is 4.12. The van der Waals surface area contributed by atoms with E-state index in [2.05, 4.69) is 25.6 Å². The number of rotatable bonds is 6. The lowest BCUT2D eigenvalue weighted by Gasteiger charge is -2.13. The fraction of sp³-hybridized carbons (Fsp3) is 0.192. The predicted octanol–water partition coefficient (Wildman–Crippen LogP) is 5.31. The number of hydrogen-bond donors (Lipinski definition) is 2. The summed E-state index contributed by atoms with van der Waals surface area (Å²) in [7, 11) is 0. The molecule has 3 aromatic carbocycles. The molecule has 1 saturated heterocycles. The van der Waals surface area contributed by atoms with Gasteiger partial charge in [-0.15, -0.1) is 0 Å². The molecule has 0 spiro atoms. The maximum atomic E-state index is 13.4. The van der Waals surface area contributed by atoms with Crippen LogP contribution in [0.4, 0.5) is 21.6 Å². The Bertz CT molecular complexity index is 1470. The average Bonchev–Trinajstić information content (AvgIpc) is 3.46. The van der Waals surface area contributed by atoms with Crippen LogP contribution in [0.1, 0.15) is 5.56 Å². The number of benzene rings is 3. The van der Waals surface area contributed by atoms with E-state index in [9.17, 15) is 4.39 Å². The van der Waals surface area contributed by atoms with E-state index in [0.29, 0.717) is 35.8 Å². The summed E-state index contributed by atoms with van der Waals surface area (Å²) < 4.78 is 30.4. The fourth-order valence-corrected chi connectivity index (χ4v) is 4.36. The molecule has 0 amide bonds. The van der Waals surface area contributed by atoms with Crippen LogP contribution in [0.25, 0.3) is 10.9 Å². The number of nitrogens with one attached hydrogen (secondary N) is 2. The van der Waals surface area contributed by atoms with Crippen molar-refractivity contribution in [1.82, 2.24) is 9.97 Å². The lowest BCUT2D eigenvalue weighted by atomic mass is 10.2. The molecule has 8 nitrogen and oxygen atoms in total. The Hall–Kier alpha value is -3.95. The Labute approximate surface area is 211 Å². The minimum absolute atomic E-state index is 0.0286. The number of amidine groups is 1. The zero-order chi connectivity index (χ0) is 24.5. The normalized spacial score (nSPS) is 18.4. The summed E-state index contributed by atoms with van der Waals surface area (Å²) in [4.78, 5) is 13.3. The van der Waals surface area contributed by atoms with Gasteiger partial charge in [0.2, 0.25) is 0 Å². The van der Waals surface area contributed by atoms with Gasteiger partial charge in [0.25, 0.3) is 6.02 Å². The molecule has 2 aliphatic rings. The van der Waals surface area contributed by atoms with Gasteiger partial charge < -0.3 is 24.8 Å². The maximum absolute atomic E-state index is 13.4. The molecule has 2 N–H and O–H groups in total. The summed E-state index contributed by atoms with van der Waals surface area (Å²) in [5.41, 5.74) is 3.03. The highest BCUT2D eigenvalue weighted by molar-refractivity contribution is 6.32. The van der Waals surface area contributed by atoms with Crippen LogP contribution in [0.3, 0.4) is 0 Å². The number of hydrogen-bond acceptors (Lipinski definition) is 8. The molecular weight excluding hydrogens is 485 g/mol. The van der Waals surface area contributed by atoms with E-state index in [4.69, 9.17) is 25.8 Å². The van der Waals surface area contributed by atoms with Crippen molar-refractivity contribution in [3.8, 4) is 5.75 Å². The first kappa shape index (κ1) is 22.5. The second-order valence-electron chi connectivity index (χ2n) is 8.46. The van der Waals surface area contributed by atoms with Gasteiger partial charge in [0, 0.05) is 16.8 Å². The van der Waals surface area contributed by atoms with Crippen LogP contribution in [0, 0.1) is 5.82 Å². The lowest BCUT2D eigenvalue weighted by Crippen LogP contribution is -2.21. The van der Waals surface area contributed by atoms with E-state index < -0.39 is 0 Å². The van der Waals surface area contributed by atoms with Crippen molar-refractivity contribution >= 4 is 45.7 Å². The van der Waals surface area contributed by atoms with E-state index in [-0.39, 0.29) is 24.6 Å². The van der Waals surface area contributed by atoms with Crippen LogP contribution >= 0.6 is 11.6 Å². The van der Waals surface area contributed by atoms with Gasteiger partial charge in [-0.3, -0.25) is 0 Å². The zero-order valence-electron chi connectivity index (χ0n) is 18.9. The molecule has 0 bridgehead atoms. The third kappa shape index (κ3) is 4.75. The van der Waals surface area contributed by atoms with Crippen molar-refractivity contribution in [3.05, 3.63) is 83.4 Å². The lowest BCUT2D eigenvalue weighted by molar-refractivity contribution is 0.138. The Morgan fingerprint density at radius 2 is 1.89 bits per heavy atom. The average molecular weight is 506 g/mol. The van der Waals surface area contributed by atoms with Crippen LogP contribution in [0.2, 0.25) is 5.02 Å². The van der Waals surface area contributed by atoms with Gasteiger partial charge >= 0.3 is 0 Å². The highest BCUT2D eigenvalue weighted by Crippen LogP contribution is 2.32. The molecule has 2 unspecified atom stereocenters. The molecule has 4 aromatic rings. The van der Waals surface area contributed by atoms with Gasteiger partial charge in [-0.05, 0) is 54.1 Å². The molecule has 1 fully saturated rings. The molecule has 3 heterocycles. The Morgan fingerprint density at radius 1 is 1.00 bits per heavy atom. The second-order valence-corrected chi connectivity index (χ2v) is 8.87. The molecular formula is C26H21ClFN5O3. The predicted molar refractivity (Wildman–Crippen MR) is 136 cm³/mol. The van der Waals surface area contributed by atoms with Gasteiger partial charge in [0.05, 0.1) is 23.8 Å². The van der Waals surface area contributed by atoms with E-state index in [0.717, 1.165) is 27.8 Å². The van der Waals surface area contributed by atoms with Gasteiger partial charge in [0.1, 0.15) is 42.5 Å². The number of nitrogens with zero attached hydrogens (tertiary/aromatic N) is 3. The Morgan fingerprint density at radius 3 is 2.75 bits per heavy atom. The van der Waals surface area contributed by atoms with Gasteiger partial charge in [-0.25, -0.2) is 19.4 Å². The highest BCUT2D eigenvalue weighted by atomic mass is 35.5. The topological polar surface area (TPSA) is 89.9 Å². The number of fused-ring (bicyclic) bond motifs is 2. The molecule has 2 aliphatic heterocycles. The van der Waals surface area contributed by atoms with E-state index in [1.54, 1.807) is 24.3 Å². The summed E-state index contributed by atoms with van der Waals surface area (Å²) in [6, 6.07) is 17.9. The molecule has 182 valence electrons. The number of ether oxygens (including phenoxy) is 3. The van der Waals surface area contributed by atoms with Crippen molar-refractivity contribution in [2.75, 3.05) is 23.8 Å². The molecule has 1 aromatic heterocycles. The summed E-state index contributed by atoms with van der Waals surface area (Å²) in [5, 5.41) is 7.76. The Balaban J connectivity index is 1.18. The molecule has 2 atom stereocenters. The highest BCUT2D eigenvalue weighted by Gasteiger charge is 2.36. The second kappa shape index (κ2) is 9.60. The smallest absolute Gasteiger partial charge is 0.290 e. The summed E-state index contributed by atoms with van der Waals surface area (Å²) in [6.07, 6.45) is 1.47. The molecule has 36 heavy (non-hydrogen) atoms. The monoisotopic (exact) mass is 505 g/mol. The molecule has 0 saturated carbocycles. The van der Waals surface area contributed by atoms with Gasteiger partial charge in [-0.1, -0.05) is 23.7 Å². The number of anilines is 3. The quantitative estimate of drug-likeness (QED) is 0.367. The number of aliphatic imine (C=N–C) groups is 1. The number of halogens is 2. The molecule has 0 radical (unpaired) electrons. The van der Waals surface area contributed by atoms with Crippen molar-refractivity contribution in [1.29, 1.82) is 0 Å². The molecule has 10 heteroatoms. The van der Waals surface area contributed by atoms with Gasteiger partial charge in [0.15, 0.2) is 0 Å². The minimum atomic E-state index is -0.307. The van der Waals surface area contributed by atoms with Gasteiger partial charge in [-0.2, -0.15) is 0 Å². The zero-order valence-corrected chi connectivity index (χ0v) is 19.7. The summed E-state index contributed by atoms with van der Waals surface area (Å²) >= 11 is 6.45. The summed E-state index contributed by atoms with van der Waals surface area (Å²) in [5.74, 6) is 0.809. The van der Waals surface area contributed by atoms with Crippen molar-refractivity contribution in [2.24, 2.45) is 4.99 Å². The first-order valence-corrected chi connectivity index (χ1v) is 11.8. The molecule has 6 rings (SSSR count). The third-order valence-corrected chi connectivity index (χ3v) is 6.21. The van der Waals surface area contributed by atoms with E-state index >= 15 is 0 Å². The first-order valence-electron chi connectivity index (χ1n) is 11.4. The van der Waals surface area contributed by atoms with Crippen LogP contribution < -0.4 is 15.4 Å². The van der Waals surface area contributed by atoms with E-state index in [1.807, 2.05) is 24.3 Å². The van der Waals surface area contributed by atoms with Crippen LogP contribution in [0.15, 0.2) is 72.0 Å². The molecule has 0 aliphatic carbocycles. The Kier molecular flexibility index (Phi) is 6.00. The SMILES string of the molecule is Fc1cccc(COc2ccc(Nc3ncnc4ccc(NC5=NC6COCC6O5)cc34)cc2Cl)c1. The van der Waals surface area contributed by atoms with Crippen LogP contribution in [-0.4, -0.2) is 41.3 Å². The first-order chi connectivity index (χ1) is 17.6. The van der Waals surface area contributed by atoms with Crippen molar-refractivity contribution in [2.45, 2.75) is 18.8 Å². The van der Waals surface area contributed by atoms with Crippen molar-refractivity contribution < 1.29 is 18.6 Å². The van der Waals surface area contributed by atoms with E-state index in [1.165, 1.54) is 18.5 Å².